The number of carbonyl (C=O) groups is 1. The van der Waals surface area contributed by atoms with E-state index in [1.165, 1.54) is 5.56 Å². The Kier molecular flexibility index (Phi) is 5.88. The van der Waals surface area contributed by atoms with Crippen molar-refractivity contribution >= 4 is 43.4 Å². The zero-order valence-corrected chi connectivity index (χ0v) is 19.5. The highest BCUT2D eigenvalue weighted by molar-refractivity contribution is 7.22. The summed E-state index contributed by atoms with van der Waals surface area (Å²) in [6.07, 6.45) is 2.07. The van der Waals surface area contributed by atoms with Crippen LogP contribution >= 0.6 is 11.3 Å². The number of thiazole rings is 1. The molecular formula is C28H25N3OS. The van der Waals surface area contributed by atoms with Crippen molar-refractivity contribution in [2.45, 2.75) is 32.7 Å². The van der Waals surface area contributed by atoms with Crippen LogP contribution < -0.4 is 4.90 Å². The first-order valence-electron chi connectivity index (χ1n) is 11.2. The Labute approximate surface area is 197 Å². The molecule has 0 radical (unpaired) electrons. The molecule has 1 amide bonds. The minimum absolute atomic E-state index is 0.0159. The van der Waals surface area contributed by atoms with Gasteiger partial charge in [-0.1, -0.05) is 85.8 Å². The van der Waals surface area contributed by atoms with Crippen LogP contribution in [0, 0.1) is 0 Å². The van der Waals surface area contributed by atoms with Crippen LogP contribution in [-0.4, -0.2) is 15.9 Å². The Bertz CT molecular complexity index is 1420. The number of carbonyl (C=O) groups excluding carboxylic acids is 1. The Morgan fingerprint density at radius 1 is 0.939 bits per heavy atom. The summed E-state index contributed by atoms with van der Waals surface area (Å²) in [7, 11) is 0. The van der Waals surface area contributed by atoms with Crippen molar-refractivity contribution in [3.05, 3.63) is 102 Å². The zero-order valence-electron chi connectivity index (χ0n) is 18.7. The molecule has 33 heavy (non-hydrogen) atoms. The Morgan fingerprint density at radius 3 is 2.55 bits per heavy atom. The van der Waals surface area contributed by atoms with Gasteiger partial charge in [0.15, 0.2) is 5.13 Å². The van der Waals surface area contributed by atoms with E-state index in [9.17, 15) is 4.79 Å². The van der Waals surface area contributed by atoms with Crippen LogP contribution in [0.1, 0.15) is 36.6 Å². The van der Waals surface area contributed by atoms with Gasteiger partial charge in [0, 0.05) is 6.20 Å². The first kappa shape index (κ1) is 21.3. The second-order valence-electron chi connectivity index (χ2n) is 8.46. The molecule has 5 heteroatoms. The van der Waals surface area contributed by atoms with Gasteiger partial charge in [0.2, 0.25) is 5.91 Å². The first-order chi connectivity index (χ1) is 16.1. The highest BCUT2D eigenvalue weighted by Crippen LogP contribution is 2.34. The SMILES string of the molecule is CC(C)c1cccc2sc(N(Cc3ccccn3)C(=O)Cc3cccc4ccccc34)nc12. The molecule has 0 atom stereocenters. The molecule has 2 aromatic heterocycles. The highest BCUT2D eigenvalue weighted by Gasteiger charge is 2.22. The number of rotatable bonds is 6. The monoisotopic (exact) mass is 451 g/mol. The van der Waals surface area contributed by atoms with Gasteiger partial charge in [-0.15, -0.1) is 0 Å². The van der Waals surface area contributed by atoms with Crippen molar-refractivity contribution in [2.24, 2.45) is 0 Å². The summed E-state index contributed by atoms with van der Waals surface area (Å²) in [5.74, 6) is 0.376. The van der Waals surface area contributed by atoms with Gasteiger partial charge in [0.25, 0.3) is 0 Å². The Morgan fingerprint density at radius 2 is 1.73 bits per heavy atom. The summed E-state index contributed by atoms with van der Waals surface area (Å²) in [4.78, 5) is 24.9. The molecule has 4 nitrogen and oxygen atoms in total. The predicted octanol–water partition coefficient (Wildman–Crippen LogP) is 6.74. The molecule has 0 aliphatic heterocycles. The molecule has 0 aliphatic carbocycles. The largest absolute Gasteiger partial charge is 0.282 e. The molecule has 5 rings (SSSR count). The zero-order chi connectivity index (χ0) is 22.8. The topological polar surface area (TPSA) is 46.1 Å². The molecule has 0 fully saturated rings. The molecular weight excluding hydrogens is 426 g/mol. The number of nitrogens with zero attached hydrogens (tertiary/aromatic N) is 3. The molecule has 0 saturated heterocycles. The number of amides is 1. The second-order valence-corrected chi connectivity index (χ2v) is 9.47. The third-order valence-electron chi connectivity index (χ3n) is 5.86. The smallest absolute Gasteiger partial charge is 0.233 e. The minimum Gasteiger partial charge on any atom is -0.282 e. The van der Waals surface area contributed by atoms with Gasteiger partial charge in [-0.2, -0.15) is 0 Å². The maximum Gasteiger partial charge on any atom is 0.233 e. The lowest BCUT2D eigenvalue weighted by Crippen LogP contribution is -2.32. The van der Waals surface area contributed by atoms with Crippen molar-refractivity contribution < 1.29 is 4.79 Å². The molecule has 3 aromatic carbocycles. The van der Waals surface area contributed by atoms with Gasteiger partial charge in [-0.25, -0.2) is 4.98 Å². The van der Waals surface area contributed by atoms with Gasteiger partial charge in [0.05, 0.1) is 28.9 Å². The highest BCUT2D eigenvalue weighted by atomic mass is 32.1. The summed E-state index contributed by atoms with van der Waals surface area (Å²) >= 11 is 1.56. The van der Waals surface area contributed by atoms with E-state index < -0.39 is 0 Å². The van der Waals surface area contributed by atoms with E-state index in [0.717, 1.165) is 32.2 Å². The fourth-order valence-electron chi connectivity index (χ4n) is 4.16. The summed E-state index contributed by atoms with van der Waals surface area (Å²) in [6.45, 7) is 4.73. The van der Waals surface area contributed by atoms with E-state index in [-0.39, 0.29) is 5.91 Å². The molecule has 0 saturated carbocycles. The first-order valence-corrected chi connectivity index (χ1v) is 12.0. The fraction of sp³-hybridized carbons (Fsp3) is 0.179. The molecule has 0 N–H and O–H groups in total. The van der Waals surface area contributed by atoms with Crippen LogP contribution in [0.2, 0.25) is 0 Å². The summed E-state index contributed by atoms with van der Waals surface area (Å²) in [6, 6.07) is 26.4. The van der Waals surface area contributed by atoms with Gasteiger partial charge in [0.1, 0.15) is 0 Å². The lowest BCUT2D eigenvalue weighted by atomic mass is 10.0. The maximum absolute atomic E-state index is 13.7. The predicted molar refractivity (Wildman–Crippen MR) is 137 cm³/mol. The number of para-hydroxylation sites is 1. The molecule has 0 aliphatic rings. The van der Waals surface area contributed by atoms with Crippen molar-refractivity contribution in [3.8, 4) is 0 Å². The van der Waals surface area contributed by atoms with Gasteiger partial charge in [-0.3, -0.25) is 14.7 Å². The van der Waals surface area contributed by atoms with Crippen LogP contribution in [0.15, 0.2) is 85.1 Å². The standard InChI is InChI=1S/C28H25N3OS/c1-19(2)23-14-8-15-25-27(23)30-28(33-25)31(18-22-12-5-6-16-29-22)26(32)17-21-11-7-10-20-9-3-4-13-24(20)21/h3-16,19H,17-18H2,1-2H3. The van der Waals surface area contributed by atoms with Crippen molar-refractivity contribution in [2.75, 3.05) is 4.90 Å². The number of benzene rings is 3. The minimum atomic E-state index is 0.0159. The number of anilines is 1. The molecule has 0 unspecified atom stereocenters. The second kappa shape index (κ2) is 9.12. The summed E-state index contributed by atoms with van der Waals surface area (Å²) in [5, 5.41) is 2.96. The average Bonchev–Trinajstić information content (AvgIpc) is 3.27. The van der Waals surface area contributed by atoms with E-state index >= 15 is 0 Å². The van der Waals surface area contributed by atoms with E-state index in [0.29, 0.717) is 24.0 Å². The molecule has 5 aromatic rings. The Balaban J connectivity index is 1.55. The quantitative estimate of drug-likeness (QED) is 0.287. The van der Waals surface area contributed by atoms with E-state index in [1.54, 1.807) is 22.4 Å². The molecule has 164 valence electrons. The van der Waals surface area contributed by atoms with Crippen molar-refractivity contribution in [1.82, 2.24) is 9.97 Å². The van der Waals surface area contributed by atoms with Crippen LogP contribution in [0.5, 0.6) is 0 Å². The van der Waals surface area contributed by atoms with Gasteiger partial charge in [-0.05, 0) is 46.0 Å². The third-order valence-corrected chi connectivity index (χ3v) is 6.90. The van der Waals surface area contributed by atoms with Crippen molar-refractivity contribution in [3.63, 3.8) is 0 Å². The van der Waals surface area contributed by atoms with E-state index in [2.05, 4.69) is 55.2 Å². The number of hydrogen-bond acceptors (Lipinski definition) is 4. The van der Waals surface area contributed by atoms with Gasteiger partial charge >= 0.3 is 0 Å². The van der Waals surface area contributed by atoms with Crippen LogP contribution in [0.25, 0.3) is 21.0 Å². The van der Waals surface area contributed by atoms with Crippen LogP contribution in [0.3, 0.4) is 0 Å². The molecule has 0 bridgehead atoms. The lowest BCUT2D eigenvalue weighted by molar-refractivity contribution is -0.118. The van der Waals surface area contributed by atoms with E-state index in [1.807, 2.05) is 42.5 Å². The summed E-state index contributed by atoms with van der Waals surface area (Å²) in [5.41, 5.74) is 4.05. The molecule has 0 spiro atoms. The molecule has 2 heterocycles. The Hall–Kier alpha value is -3.57. The normalized spacial score (nSPS) is 11.4. The number of aromatic nitrogens is 2. The number of fused-ring (bicyclic) bond motifs is 2. The van der Waals surface area contributed by atoms with Gasteiger partial charge < -0.3 is 0 Å². The van der Waals surface area contributed by atoms with Crippen LogP contribution in [0.4, 0.5) is 5.13 Å². The third kappa shape index (κ3) is 4.37. The van der Waals surface area contributed by atoms with E-state index in [4.69, 9.17) is 4.98 Å². The summed E-state index contributed by atoms with van der Waals surface area (Å²) < 4.78 is 1.10. The van der Waals surface area contributed by atoms with Crippen LogP contribution in [-0.2, 0) is 17.8 Å². The number of pyridine rings is 1. The fourth-order valence-corrected chi connectivity index (χ4v) is 5.18. The maximum atomic E-state index is 13.7. The number of hydrogen-bond donors (Lipinski definition) is 0. The average molecular weight is 452 g/mol. The lowest BCUT2D eigenvalue weighted by Gasteiger charge is -2.20. The van der Waals surface area contributed by atoms with Crippen molar-refractivity contribution in [1.29, 1.82) is 0 Å².